The number of halogens is 1. The van der Waals surface area contributed by atoms with Gasteiger partial charge in [-0.15, -0.1) is 0 Å². The Morgan fingerprint density at radius 1 is 1.08 bits per heavy atom. The molecule has 1 aliphatic rings. The minimum atomic E-state index is -0.156. The molecule has 8 nitrogen and oxygen atoms in total. The van der Waals surface area contributed by atoms with E-state index in [-0.39, 0.29) is 11.7 Å². The summed E-state index contributed by atoms with van der Waals surface area (Å²) in [7, 11) is 0. The predicted molar refractivity (Wildman–Crippen MR) is 154 cm³/mol. The summed E-state index contributed by atoms with van der Waals surface area (Å²) in [6, 6.07) is 19.4. The molecule has 1 unspecified atom stereocenters. The van der Waals surface area contributed by atoms with E-state index < -0.39 is 0 Å². The van der Waals surface area contributed by atoms with Crippen LogP contribution in [0.1, 0.15) is 18.6 Å². The van der Waals surface area contributed by atoms with E-state index in [4.69, 9.17) is 21.3 Å². The number of pyridine rings is 2. The molecule has 0 amide bonds. The highest BCUT2D eigenvalue weighted by atomic mass is 35.5. The van der Waals surface area contributed by atoms with Crippen molar-refractivity contribution in [2.24, 2.45) is 0 Å². The number of anilines is 2. The van der Waals surface area contributed by atoms with Crippen LogP contribution in [-0.4, -0.2) is 39.2 Å². The van der Waals surface area contributed by atoms with Crippen LogP contribution in [0, 0.1) is 0 Å². The summed E-state index contributed by atoms with van der Waals surface area (Å²) in [6.07, 6.45) is 5.29. The minimum absolute atomic E-state index is 0.0537. The summed E-state index contributed by atoms with van der Waals surface area (Å²) < 4.78 is 7.48. The lowest BCUT2D eigenvalue weighted by Gasteiger charge is -2.24. The summed E-state index contributed by atoms with van der Waals surface area (Å²) in [5.41, 5.74) is 5.43. The molecule has 1 fully saturated rings. The molecule has 9 heteroatoms. The van der Waals surface area contributed by atoms with E-state index in [1.54, 1.807) is 23.2 Å². The first-order chi connectivity index (χ1) is 19.1. The minimum Gasteiger partial charge on any atom is -0.371 e. The number of nitrogens with one attached hydrogen (secondary N) is 2. The van der Waals surface area contributed by atoms with Gasteiger partial charge in [-0.3, -0.25) is 14.3 Å². The van der Waals surface area contributed by atoms with Crippen molar-refractivity contribution in [3.05, 3.63) is 100 Å². The van der Waals surface area contributed by atoms with Gasteiger partial charge in [0, 0.05) is 71.0 Å². The molecule has 6 rings (SSSR count). The summed E-state index contributed by atoms with van der Waals surface area (Å²) in [5.74, 6) is 0.416. The number of ether oxygens (including phenoxy) is 1. The Kier molecular flexibility index (Phi) is 7.06. The molecule has 3 aromatic heterocycles. The highest BCUT2D eigenvalue weighted by Gasteiger charge is 2.17. The van der Waals surface area contributed by atoms with E-state index in [1.807, 2.05) is 67.6 Å². The molecule has 2 aromatic carbocycles. The van der Waals surface area contributed by atoms with Gasteiger partial charge in [-0.1, -0.05) is 41.9 Å². The number of aromatic nitrogens is 4. The van der Waals surface area contributed by atoms with E-state index in [1.165, 1.54) is 0 Å². The van der Waals surface area contributed by atoms with Crippen LogP contribution < -0.4 is 16.2 Å². The molecule has 196 valence electrons. The van der Waals surface area contributed by atoms with Crippen LogP contribution in [0.2, 0.25) is 5.02 Å². The van der Waals surface area contributed by atoms with E-state index in [0.29, 0.717) is 40.9 Å². The van der Waals surface area contributed by atoms with Gasteiger partial charge in [-0.25, -0.2) is 4.98 Å². The molecular weight excluding hydrogens is 512 g/mol. The van der Waals surface area contributed by atoms with Gasteiger partial charge in [0.15, 0.2) is 0 Å². The molecule has 39 heavy (non-hydrogen) atoms. The number of fused-ring (bicyclic) bond motifs is 1. The molecule has 0 aliphatic carbocycles. The molecule has 4 heterocycles. The van der Waals surface area contributed by atoms with E-state index in [9.17, 15) is 4.79 Å². The zero-order valence-corrected chi connectivity index (χ0v) is 22.2. The fourth-order valence-corrected chi connectivity index (χ4v) is 5.12. The maximum atomic E-state index is 13.6. The van der Waals surface area contributed by atoms with Crippen molar-refractivity contribution >= 4 is 34.3 Å². The number of benzene rings is 2. The van der Waals surface area contributed by atoms with Crippen LogP contribution in [0.15, 0.2) is 84.0 Å². The van der Waals surface area contributed by atoms with Crippen molar-refractivity contribution in [2.75, 3.05) is 25.0 Å². The van der Waals surface area contributed by atoms with Crippen LogP contribution in [0.3, 0.4) is 0 Å². The largest absolute Gasteiger partial charge is 0.371 e. The number of nitrogens with zero attached hydrogens (tertiary/aromatic N) is 4. The highest BCUT2D eigenvalue weighted by Crippen LogP contribution is 2.32. The third kappa shape index (κ3) is 5.14. The van der Waals surface area contributed by atoms with Crippen molar-refractivity contribution in [3.8, 4) is 22.3 Å². The van der Waals surface area contributed by atoms with Crippen LogP contribution in [0.25, 0.3) is 33.3 Å². The summed E-state index contributed by atoms with van der Waals surface area (Å²) in [6.45, 7) is 4.77. The Morgan fingerprint density at radius 3 is 2.67 bits per heavy atom. The topological polar surface area (TPSA) is 94.0 Å². The molecule has 0 radical (unpaired) electrons. The molecule has 2 N–H and O–H groups in total. The maximum Gasteiger partial charge on any atom is 0.260 e. The molecular formula is C30H27ClN6O2. The highest BCUT2D eigenvalue weighted by molar-refractivity contribution is 6.33. The number of morpholine rings is 1. The maximum absolute atomic E-state index is 13.6. The van der Waals surface area contributed by atoms with Gasteiger partial charge in [0.1, 0.15) is 5.65 Å². The second-order valence-electron chi connectivity index (χ2n) is 9.33. The fourth-order valence-electron chi connectivity index (χ4n) is 4.84. The zero-order valence-electron chi connectivity index (χ0n) is 21.4. The van der Waals surface area contributed by atoms with Crippen molar-refractivity contribution in [3.63, 3.8) is 0 Å². The Balaban J connectivity index is 1.30. The average molecular weight is 539 g/mol. The normalized spacial score (nSPS) is 15.4. The summed E-state index contributed by atoms with van der Waals surface area (Å²) in [5, 5.41) is 7.85. The standard InChI is InChI=1S/C30H27ClN6O2/c1-2-37-28-22(14-25(29(37)38)24-10-7-20(15-26(24)31)21-4-3-11-32-16-21)17-34-30(36-28)35-23-8-5-19(6-9-23)27-18-33-12-13-39-27/h3-11,14-17,27,33H,2,12-13,18H2,1H3,(H,34,35,36). The van der Waals surface area contributed by atoms with Gasteiger partial charge >= 0.3 is 0 Å². The van der Waals surface area contributed by atoms with Gasteiger partial charge in [-0.2, -0.15) is 4.98 Å². The van der Waals surface area contributed by atoms with Crippen molar-refractivity contribution < 1.29 is 4.74 Å². The van der Waals surface area contributed by atoms with Crippen LogP contribution >= 0.6 is 11.6 Å². The third-order valence-corrected chi connectivity index (χ3v) is 7.18. The lowest BCUT2D eigenvalue weighted by molar-refractivity contribution is 0.0277. The number of rotatable bonds is 6. The Hall–Kier alpha value is -4.11. The Morgan fingerprint density at radius 2 is 1.95 bits per heavy atom. The lowest BCUT2D eigenvalue weighted by atomic mass is 10.0. The van der Waals surface area contributed by atoms with Gasteiger partial charge in [-0.05, 0) is 48.4 Å². The first-order valence-corrected chi connectivity index (χ1v) is 13.3. The van der Waals surface area contributed by atoms with Gasteiger partial charge in [0.05, 0.1) is 12.7 Å². The zero-order chi connectivity index (χ0) is 26.8. The van der Waals surface area contributed by atoms with E-state index in [2.05, 4.69) is 20.6 Å². The first kappa shape index (κ1) is 25.2. The second-order valence-corrected chi connectivity index (χ2v) is 9.73. The van der Waals surface area contributed by atoms with Crippen molar-refractivity contribution in [1.82, 2.24) is 24.8 Å². The fraction of sp³-hybridized carbons (Fsp3) is 0.200. The quantitative estimate of drug-likeness (QED) is 0.291. The lowest BCUT2D eigenvalue weighted by Crippen LogP contribution is -2.33. The molecule has 1 atom stereocenters. The number of hydrogen-bond acceptors (Lipinski definition) is 7. The first-order valence-electron chi connectivity index (χ1n) is 12.9. The molecule has 0 saturated carbocycles. The third-order valence-electron chi connectivity index (χ3n) is 6.86. The molecule has 1 saturated heterocycles. The second kappa shape index (κ2) is 10.9. The van der Waals surface area contributed by atoms with E-state index in [0.717, 1.165) is 40.9 Å². The SMILES string of the molecule is CCn1c(=O)c(-c2ccc(-c3cccnc3)cc2Cl)cc2cnc(Nc3ccc(C4CNCCO4)cc3)nc21. The predicted octanol–water partition coefficient (Wildman–Crippen LogP) is 5.60. The van der Waals surface area contributed by atoms with Crippen LogP contribution in [0.4, 0.5) is 11.6 Å². The van der Waals surface area contributed by atoms with Crippen molar-refractivity contribution in [2.45, 2.75) is 19.6 Å². The molecule has 0 bridgehead atoms. The summed E-state index contributed by atoms with van der Waals surface area (Å²) >= 11 is 6.69. The number of hydrogen-bond donors (Lipinski definition) is 2. The molecule has 1 aliphatic heterocycles. The van der Waals surface area contributed by atoms with Crippen molar-refractivity contribution in [1.29, 1.82) is 0 Å². The van der Waals surface area contributed by atoms with Gasteiger partial charge in [0.25, 0.3) is 5.56 Å². The number of aryl methyl sites for hydroxylation is 1. The Bertz CT molecular complexity index is 1680. The average Bonchev–Trinajstić information content (AvgIpc) is 2.98. The molecule has 0 spiro atoms. The monoisotopic (exact) mass is 538 g/mol. The van der Waals surface area contributed by atoms with Gasteiger partial charge in [0.2, 0.25) is 5.95 Å². The molecule has 5 aromatic rings. The van der Waals surface area contributed by atoms with E-state index >= 15 is 0 Å². The van der Waals surface area contributed by atoms with Crippen LogP contribution in [0.5, 0.6) is 0 Å². The van der Waals surface area contributed by atoms with Gasteiger partial charge < -0.3 is 15.4 Å². The van der Waals surface area contributed by atoms with Crippen LogP contribution in [-0.2, 0) is 11.3 Å². The smallest absolute Gasteiger partial charge is 0.260 e. The summed E-state index contributed by atoms with van der Waals surface area (Å²) in [4.78, 5) is 27.0. The Labute approximate surface area is 230 Å².